The second-order valence-corrected chi connectivity index (χ2v) is 10.3. The summed E-state index contributed by atoms with van der Waals surface area (Å²) < 4.78 is 33.4. The number of likely N-dealkylation sites (tertiary alicyclic amines) is 1. The number of carbonyl (C=O) groups excluding carboxylic acids is 2. The Labute approximate surface area is 212 Å². The molecule has 1 aliphatic heterocycles. The van der Waals surface area contributed by atoms with Gasteiger partial charge in [0.2, 0.25) is 0 Å². The lowest BCUT2D eigenvalue weighted by atomic mass is 9.97. The van der Waals surface area contributed by atoms with Crippen LogP contribution in [0.5, 0.6) is 0 Å². The minimum atomic E-state index is -4.42. The number of piperidine rings is 1. The molecule has 15 nitrogen and oxygen atoms in total. The van der Waals surface area contributed by atoms with Crippen LogP contribution < -0.4 is 11.4 Å². The molecule has 16 heteroatoms. The van der Waals surface area contributed by atoms with Crippen LogP contribution in [0.3, 0.4) is 0 Å². The van der Waals surface area contributed by atoms with E-state index in [1.165, 1.54) is 6.92 Å². The van der Waals surface area contributed by atoms with E-state index in [-0.39, 0.29) is 30.6 Å². The quantitative estimate of drug-likeness (QED) is 0.244. The Hall–Kier alpha value is -2.84. The number of aromatic nitrogens is 4. The van der Waals surface area contributed by atoms with Gasteiger partial charge in [-0.1, -0.05) is 0 Å². The molecule has 0 bridgehead atoms. The molecule has 3 rings (SSSR count). The standard InChI is InChI=1S/C21H33N6O9P/c1-13-23-19(22)18-20(24-13)27(21(30)25-18)10-16-4-6-26(7-5-16)8-9-34-37(31,32)35-12-17(36-15(3)29)11-33-14(2)28/h16-17H,4-12H2,1-3H3,(H,25,30)(H,31,32)(H2,22,23,24)/t17-/m1/s1. The maximum atomic E-state index is 12.4. The highest BCUT2D eigenvalue weighted by molar-refractivity contribution is 7.47. The predicted octanol–water partition coefficient (Wildman–Crippen LogP) is 0.351. The van der Waals surface area contributed by atoms with E-state index in [1.807, 2.05) is 0 Å². The molecule has 0 amide bonds. The van der Waals surface area contributed by atoms with E-state index in [1.54, 1.807) is 11.5 Å². The van der Waals surface area contributed by atoms with Crippen molar-refractivity contribution in [3.63, 3.8) is 0 Å². The van der Waals surface area contributed by atoms with Gasteiger partial charge in [0, 0.05) is 26.9 Å². The van der Waals surface area contributed by atoms with Gasteiger partial charge in [0.15, 0.2) is 17.6 Å². The van der Waals surface area contributed by atoms with Crippen LogP contribution >= 0.6 is 7.82 Å². The minimum Gasteiger partial charge on any atom is -0.462 e. The summed E-state index contributed by atoms with van der Waals surface area (Å²) in [5, 5.41) is 0. The van der Waals surface area contributed by atoms with Crippen LogP contribution in [0.15, 0.2) is 4.79 Å². The molecule has 0 radical (unpaired) electrons. The van der Waals surface area contributed by atoms with E-state index in [4.69, 9.17) is 24.3 Å². The number of fused-ring (bicyclic) bond motifs is 1. The number of hydrogen-bond donors (Lipinski definition) is 3. The topological polar surface area (TPSA) is 201 Å². The highest BCUT2D eigenvalue weighted by Crippen LogP contribution is 2.43. The lowest BCUT2D eigenvalue weighted by Gasteiger charge is -2.32. The molecule has 1 unspecified atom stereocenters. The summed E-state index contributed by atoms with van der Waals surface area (Å²) in [5.74, 6) is -0.270. The van der Waals surface area contributed by atoms with Gasteiger partial charge in [-0.3, -0.25) is 23.2 Å². The number of nitrogens with two attached hydrogens (primary N) is 1. The van der Waals surface area contributed by atoms with Gasteiger partial charge in [0.25, 0.3) is 0 Å². The zero-order valence-corrected chi connectivity index (χ0v) is 21.9. The first-order valence-electron chi connectivity index (χ1n) is 11.8. The Kier molecular flexibility index (Phi) is 9.79. The van der Waals surface area contributed by atoms with Crippen LogP contribution in [0, 0.1) is 12.8 Å². The van der Waals surface area contributed by atoms with Crippen molar-refractivity contribution in [1.82, 2.24) is 24.4 Å². The maximum Gasteiger partial charge on any atom is 0.472 e. The van der Waals surface area contributed by atoms with Crippen molar-refractivity contribution in [2.24, 2.45) is 5.92 Å². The van der Waals surface area contributed by atoms with Gasteiger partial charge in [0.1, 0.15) is 17.9 Å². The highest BCUT2D eigenvalue weighted by atomic mass is 31.2. The number of aryl methyl sites for hydroxylation is 1. The zero-order chi connectivity index (χ0) is 27.2. The van der Waals surface area contributed by atoms with Gasteiger partial charge >= 0.3 is 25.5 Å². The maximum absolute atomic E-state index is 12.4. The van der Waals surface area contributed by atoms with E-state index >= 15 is 0 Å². The number of nitrogen functional groups attached to an aromatic ring is 1. The van der Waals surface area contributed by atoms with Crippen LogP contribution in [0.25, 0.3) is 11.2 Å². The van der Waals surface area contributed by atoms with Crippen LogP contribution in [-0.4, -0.2) is 86.8 Å². The van der Waals surface area contributed by atoms with E-state index in [2.05, 4.69) is 19.9 Å². The number of hydrogen-bond acceptors (Lipinski definition) is 12. The van der Waals surface area contributed by atoms with Crippen molar-refractivity contribution in [3.8, 4) is 0 Å². The summed E-state index contributed by atoms with van der Waals surface area (Å²) in [6.07, 6.45) is 0.583. The lowest BCUT2D eigenvalue weighted by molar-refractivity contribution is -0.158. The molecule has 2 atom stereocenters. The second kappa shape index (κ2) is 12.6. The number of phosphoric acid groups is 1. The number of nitrogens with one attached hydrogen (secondary N) is 1. The van der Waals surface area contributed by atoms with E-state index in [0.29, 0.717) is 30.1 Å². The average molecular weight is 545 g/mol. The number of esters is 2. The van der Waals surface area contributed by atoms with Crippen molar-refractivity contribution >= 4 is 36.7 Å². The minimum absolute atomic E-state index is 0.0575. The summed E-state index contributed by atoms with van der Waals surface area (Å²) in [6.45, 7) is 5.54. The molecule has 206 valence electrons. The number of imidazole rings is 1. The summed E-state index contributed by atoms with van der Waals surface area (Å²) >= 11 is 0. The number of anilines is 1. The smallest absolute Gasteiger partial charge is 0.462 e. The van der Waals surface area contributed by atoms with Gasteiger partial charge in [-0.2, -0.15) is 0 Å². The first-order chi connectivity index (χ1) is 17.4. The Morgan fingerprint density at radius 1 is 1.19 bits per heavy atom. The molecule has 2 aromatic heterocycles. The fourth-order valence-electron chi connectivity index (χ4n) is 4.05. The van der Waals surface area contributed by atoms with Crippen molar-refractivity contribution in [2.75, 3.05) is 45.2 Å². The van der Waals surface area contributed by atoms with Gasteiger partial charge in [0.05, 0.1) is 13.2 Å². The summed E-state index contributed by atoms with van der Waals surface area (Å²) in [7, 11) is -4.42. The number of carbonyl (C=O) groups is 2. The largest absolute Gasteiger partial charge is 0.472 e. The van der Waals surface area contributed by atoms with E-state index < -0.39 is 32.5 Å². The van der Waals surface area contributed by atoms with Gasteiger partial charge in [-0.15, -0.1) is 0 Å². The van der Waals surface area contributed by atoms with Gasteiger partial charge < -0.3 is 30.0 Å². The third-order valence-electron chi connectivity index (χ3n) is 5.80. The molecule has 1 fully saturated rings. The molecule has 3 heterocycles. The van der Waals surface area contributed by atoms with Crippen LogP contribution in [0.4, 0.5) is 5.82 Å². The normalized spacial score (nSPS) is 17.4. The third-order valence-corrected chi connectivity index (χ3v) is 6.79. The molecular weight excluding hydrogens is 511 g/mol. The predicted molar refractivity (Wildman–Crippen MR) is 130 cm³/mol. The van der Waals surface area contributed by atoms with Crippen LogP contribution in [0.2, 0.25) is 0 Å². The summed E-state index contributed by atoms with van der Waals surface area (Å²) in [5.41, 5.74) is 6.56. The van der Waals surface area contributed by atoms with Gasteiger partial charge in [-0.25, -0.2) is 19.3 Å². The molecule has 1 aliphatic rings. The summed E-state index contributed by atoms with van der Waals surface area (Å²) in [4.78, 5) is 57.7. The van der Waals surface area contributed by atoms with Gasteiger partial charge in [-0.05, 0) is 38.8 Å². The monoisotopic (exact) mass is 544 g/mol. The molecule has 0 aromatic carbocycles. The number of nitrogens with zero attached hydrogens (tertiary/aromatic N) is 4. The van der Waals surface area contributed by atoms with Crippen molar-refractivity contribution < 1.29 is 37.6 Å². The Morgan fingerprint density at radius 3 is 2.54 bits per heavy atom. The summed E-state index contributed by atoms with van der Waals surface area (Å²) in [6, 6.07) is 0. The average Bonchev–Trinajstić information content (AvgIpc) is 3.12. The second-order valence-electron chi connectivity index (χ2n) is 8.81. The number of rotatable bonds is 12. The number of phosphoric ester groups is 1. The molecule has 1 saturated heterocycles. The van der Waals surface area contributed by atoms with E-state index in [0.717, 1.165) is 32.9 Å². The van der Waals surface area contributed by atoms with Crippen molar-refractivity contribution in [2.45, 2.75) is 46.3 Å². The third kappa shape index (κ3) is 8.61. The lowest BCUT2D eigenvalue weighted by Crippen LogP contribution is -2.37. The molecule has 2 aromatic rings. The SMILES string of the molecule is CC(=O)OC[C@H](COP(=O)(O)OCCN1CCC(Cn2c(=O)[nH]c3c(N)nc(C)nc32)CC1)OC(C)=O. The fraction of sp³-hybridized carbons (Fsp3) is 0.667. The molecule has 4 N–H and O–H groups in total. The highest BCUT2D eigenvalue weighted by Gasteiger charge is 2.27. The van der Waals surface area contributed by atoms with Crippen LogP contribution in [-0.2, 0) is 39.2 Å². The molecule has 0 aliphatic carbocycles. The molecule has 37 heavy (non-hydrogen) atoms. The molecular formula is C21H33N6O9P. The fourth-order valence-corrected chi connectivity index (χ4v) is 4.79. The molecule has 0 spiro atoms. The Balaban J connectivity index is 1.42. The molecule has 0 saturated carbocycles. The number of aromatic amines is 1. The first kappa shape index (κ1) is 28.7. The number of ether oxygens (including phenoxy) is 2. The van der Waals surface area contributed by atoms with Crippen molar-refractivity contribution in [1.29, 1.82) is 0 Å². The van der Waals surface area contributed by atoms with Crippen molar-refractivity contribution in [3.05, 3.63) is 16.3 Å². The number of H-pyrrole nitrogens is 1. The Bertz CT molecular complexity index is 1210. The van der Waals surface area contributed by atoms with Crippen LogP contribution in [0.1, 0.15) is 32.5 Å². The zero-order valence-electron chi connectivity index (χ0n) is 21.0. The Morgan fingerprint density at radius 2 is 1.89 bits per heavy atom. The van der Waals surface area contributed by atoms with E-state index in [9.17, 15) is 23.8 Å². The first-order valence-corrected chi connectivity index (χ1v) is 13.3.